The topological polar surface area (TPSA) is 87.4 Å². The zero-order valence-corrected chi connectivity index (χ0v) is 21.3. The van der Waals surface area contributed by atoms with Gasteiger partial charge in [-0.3, -0.25) is 9.69 Å². The third-order valence-corrected chi connectivity index (χ3v) is 6.87. The van der Waals surface area contributed by atoms with E-state index in [1.807, 2.05) is 36.4 Å². The van der Waals surface area contributed by atoms with Gasteiger partial charge in [-0.05, 0) is 48.5 Å². The number of anilines is 1. The number of benzene rings is 3. The number of aromatic hydroxyl groups is 1. The van der Waals surface area contributed by atoms with Crippen LogP contribution in [0.15, 0.2) is 81.4 Å². The monoisotopic (exact) mass is 570 g/mol. The van der Waals surface area contributed by atoms with Gasteiger partial charge in [0.2, 0.25) is 5.91 Å². The van der Waals surface area contributed by atoms with Crippen LogP contribution in [0.2, 0.25) is 5.15 Å². The molecule has 0 spiro atoms. The molecule has 1 aliphatic rings. The number of pyridine rings is 1. The Labute approximate surface area is 219 Å². The first-order valence-corrected chi connectivity index (χ1v) is 12.1. The minimum atomic E-state index is -0.859. The molecule has 0 saturated carbocycles. The molecule has 1 N–H and O–H groups in total. The van der Waals surface area contributed by atoms with E-state index in [1.54, 1.807) is 25.3 Å². The molecule has 4 aromatic rings. The van der Waals surface area contributed by atoms with Crippen LogP contribution in [0, 0.1) is 0 Å². The first-order chi connectivity index (χ1) is 16.9. The summed E-state index contributed by atoms with van der Waals surface area (Å²) >= 11 is 16.4. The van der Waals surface area contributed by atoms with E-state index in [1.165, 1.54) is 17.0 Å². The maximum Gasteiger partial charge on any atom is 0.248 e. The number of amides is 1. The number of carbonyl (C=O) groups excluding carboxylic acids is 1. The third kappa shape index (κ3) is 4.45. The van der Waals surface area contributed by atoms with Gasteiger partial charge in [-0.2, -0.15) is 5.11 Å². The highest BCUT2D eigenvalue weighted by molar-refractivity contribution is 9.10. The van der Waals surface area contributed by atoms with Crippen molar-refractivity contribution in [2.24, 2.45) is 10.2 Å². The highest BCUT2D eigenvalue weighted by Gasteiger charge is 2.50. The summed E-state index contributed by atoms with van der Waals surface area (Å²) in [6, 6.07) is 18.6. The summed E-state index contributed by atoms with van der Waals surface area (Å²) in [7, 11) is 1.58. The number of ether oxygens (including phenoxy) is 1. The lowest BCUT2D eigenvalue weighted by molar-refractivity contribution is -0.123. The lowest BCUT2D eigenvalue weighted by Gasteiger charge is -2.44. The van der Waals surface area contributed by atoms with Gasteiger partial charge in [0.15, 0.2) is 0 Å². The van der Waals surface area contributed by atoms with Crippen molar-refractivity contribution < 1.29 is 14.6 Å². The minimum Gasteiger partial charge on any atom is -0.508 e. The number of fused-ring (bicyclic) bond motifs is 1. The molecule has 2 heterocycles. The summed E-state index contributed by atoms with van der Waals surface area (Å²) in [4.78, 5) is 18.9. The number of aromatic nitrogens is 1. The van der Waals surface area contributed by atoms with Gasteiger partial charge < -0.3 is 9.84 Å². The Kier molecular flexibility index (Phi) is 6.35. The van der Waals surface area contributed by atoms with Crippen molar-refractivity contribution >= 4 is 73.0 Å². The first kappa shape index (κ1) is 23.5. The molecule has 176 valence electrons. The second-order valence-electron chi connectivity index (χ2n) is 7.83. The van der Waals surface area contributed by atoms with Crippen molar-refractivity contribution in [2.45, 2.75) is 11.4 Å². The number of rotatable bonds is 5. The quantitative estimate of drug-likeness (QED) is 0.116. The van der Waals surface area contributed by atoms with Crippen LogP contribution >= 0.6 is 39.1 Å². The normalized spacial score (nSPS) is 17.7. The van der Waals surface area contributed by atoms with Gasteiger partial charge in [-0.15, -0.1) is 16.7 Å². The fourth-order valence-corrected chi connectivity index (χ4v) is 4.93. The Hall–Kier alpha value is -3.20. The highest BCUT2D eigenvalue weighted by atomic mass is 79.9. The number of hydrogen-bond acceptors (Lipinski definition) is 6. The fraction of sp³-hybridized carbons (Fsp3) is 0.120. The molecule has 0 radical (unpaired) electrons. The first-order valence-electron chi connectivity index (χ1n) is 10.5. The van der Waals surface area contributed by atoms with Crippen LogP contribution in [0.3, 0.4) is 0 Å². The average molecular weight is 572 g/mol. The van der Waals surface area contributed by atoms with E-state index < -0.39 is 11.4 Å². The minimum absolute atomic E-state index is 0.0270. The van der Waals surface area contributed by atoms with Gasteiger partial charge >= 0.3 is 0 Å². The standard InChI is InChI=1S/C25H17BrCl2N4O3/c1-35-17-7-5-13-9-18(24(28)29-20(13)12-17)23-22(27)25(34)32(23)21-11-16(33)6-8-19(21)31-30-15-4-2-3-14(26)10-15/h2-12,22-23,33H,1H3. The smallest absolute Gasteiger partial charge is 0.248 e. The van der Waals surface area contributed by atoms with Crippen molar-refractivity contribution in [2.75, 3.05) is 12.0 Å². The van der Waals surface area contributed by atoms with E-state index >= 15 is 0 Å². The largest absolute Gasteiger partial charge is 0.508 e. The van der Waals surface area contributed by atoms with Gasteiger partial charge in [0.1, 0.15) is 27.7 Å². The number of phenols is 1. The van der Waals surface area contributed by atoms with Crippen LogP contribution < -0.4 is 9.64 Å². The predicted molar refractivity (Wildman–Crippen MR) is 140 cm³/mol. The molecule has 1 aromatic heterocycles. The summed E-state index contributed by atoms with van der Waals surface area (Å²) in [5.41, 5.74) is 2.61. The van der Waals surface area contributed by atoms with E-state index in [0.717, 1.165) is 9.86 Å². The number of halogens is 3. The van der Waals surface area contributed by atoms with Crippen molar-refractivity contribution in [3.63, 3.8) is 0 Å². The summed E-state index contributed by atoms with van der Waals surface area (Å²) in [6.07, 6.45) is 0. The van der Waals surface area contributed by atoms with Gasteiger partial charge in [0, 0.05) is 27.6 Å². The number of phenolic OH excluding ortho intramolecular Hbond substituents is 1. The van der Waals surface area contributed by atoms with Gasteiger partial charge in [-0.25, -0.2) is 4.98 Å². The van der Waals surface area contributed by atoms with E-state index in [2.05, 4.69) is 31.1 Å². The van der Waals surface area contributed by atoms with Crippen LogP contribution in [-0.4, -0.2) is 28.5 Å². The number of hydrogen-bond donors (Lipinski definition) is 1. The lowest BCUT2D eigenvalue weighted by Crippen LogP contribution is -2.56. The molecule has 10 heteroatoms. The molecule has 2 atom stereocenters. The van der Waals surface area contributed by atoms with Crippen LogP contribution in [0.5, 0.6) is 11.5 Å². The number of β-lactam (4-membered cyclic amide) rings is 1. The SMILES string of the molecule is COc1ccc2cc(C3C(Cl)C(=O)N3c3cc(O)ccc3N=Nc3cccc(Br)c3)c(Cl)nc2c1. The Morgan fingerprint density at radius 3 is 2.69 bits per heavy atom. The summed E-state index contributed by atoms with van der Waals surface area (Å²) in [6.45, 7) is 0. The fourth-order valence-electron chi connectivity index (χ4n) is 3.93. The van der Waals surface area contributed by atoms with Crippen molar-refractivity contribution in [3.05, 3.63) is 81.9 Å². The summed E-state index contributed by atoms with van der Waals surface area (Å²) < 4.78 is 6.12. The molecule has 1 amide bonds. The number of methoxy groups -OCH3 is 1. The Morgan fingerprint density at radius 2 is 1.91 bits per heavy atom. The Balaban J connectivity index is 1.56. The molecule has 5 rings (SSSR count). The lowest BCUT2D eigenvalue weighted by atomic mass is 9.92. The number of carbonyl (C=O) groups is 1. The van der Waals surface area contributed by atoms with E-state index in [9.17, 15) is 9.90 Å². The molecule has 7 nitrogen and oxygen atoms in total. The zero-order chi connectivity index (χ0) is 24.7. The summed E-state index contributed by atoms with van der Waals surface area (Å²) in [5.74, 6) is 0.289. The Bertz CT molecular complexity index is 1500. The van der Waals surface area contributed by atoms with Gasteiger partial charge in [0.05, 0.1) is 30.0 Å². The van der Waals surface area contributed by atoms with Crippen LogP contribution in [0.1, 0.15) is 11.6 Å². The van der Waals surface area contributed by atoms with Crippen LogP contribution in [0.4, 0.5) is 17.1 Å². The average Bonchev–Trinajstić information content (AvgIpc) is 2.85. The van der Waals surface area contributed by atoms with Crippen molar-refractivity contribution in [1.29, 1.82) is 0 Å². The summed E-state index contributed by atoms with van der Waals surface area (Å²) in [5, 5.41) is 19.0. The van der Waals surface area contributed by atoms with Crippen molar-refractivity contribution in [1.82, 2.24) is 4.98 Å². The van der Waals surface area contributed by atoms with Crippen molar-refractivity contribution in [3.8, 4) is 11.5 Å². The third-order valence-electron chi connectivity index (χ3n) is 5.65. The number of azo groups is 1. The molecule has 1 fully saturated rings. The van der Waals surface area contributed by atoms with E-state index in [0.29, 0.717) is 33.9 Å². The molecule has 3 aromatic carbocycles. The molecule has 1 aliphatic heterocycles. The molecular weight excluding hydrogens is 555 g/mol. The second kappa shape index (κ2) is 9.45. The van der Waals surface area contributed by atoms with E-state index in [-0.39, 0.29) is 16.8 Å². The van der Waals surface area contributed by atoms with Gasteiger partial charge in [0.25, 0.3) is 0 Å². The molecule has 0 aliphatic carbocycles. The maximum atomic E-state index is 12.9. The molecule has 1 saturated heterocycles. The van der Waals surface area contributed by atoms with Crippen LogP contribution in [-0.2, 0) is 4.79 Å². The predicted octanol–water partition coefficient (Wildman–Crippen LogP) is 7.48. The van der Waals surface area contributed by atoms with E-state index in [4.69, 9.17) is 27.9 Å². The second-order valence-corrected chi connectivity index (χ2v) is 9.58. The number of alkyl halides is 1. The molecule has 35 heavy (non-hydrogen) atoms. The molecular formula is C25H17BrCl2N4O3. The molecule has 0 bridgehead atoms. The van der Waals surface area contributed by atoms with Gasteiger partial charge in [-0.1, -0.05) is 33.6 Å². The number of nitrogens with zero attached hydrogens (tertiary/aromatic N) is 4. The molecule has 2 unspecified atom stereocenters. The Morgan fingerprint density at radius 1 is 1.09 bits per heavy atom. The highest BCUT2D eigenvalue weighted by Crippen LogP contribution is 2.48. The van der Waals surface area contributed by atoms with Crippen LogP contribution in [0.25, 0.3) is 10.9 Å². The zero-order valence-electron chi connectivity index (χ0n) is 18.2. The maximum absolute atomic E-state index is 12.9.